The standard InChI is InChI=1S/C15H25N3O2S/c1-18-9-6-12(7-10-18)5-8-17-15-4-3-13(11-14(15)16)21(2,19)20/h3-4,11-12,17H,5-10,16H2,1-2H3. The van der Waals surface area contributed by atoms with Crippen molar-refractivity contribution in [2.24, 2.45) is 5.92 Å². The summed E-state index contributed by atoms with van der Waals surface area (Å²) in [7, 11) is -1.03. The van der Waals surface area contributed by atoms with E-state index in [1.807, 2.05) is 0 Å². The summed E-state index contributed by atoms with van der Waals surface area (Å²) in [6, 6.07) is 4.87. The Kier molecular flexibility index (Phi) is 5.11. The van der Waals surface area contributed by atoms with Crippen LogP contribution < -0.4 is 11.1 Å². The molecule has 0 saturated carbocycles. The highest BCUT2D eigenvalue weighted by Gasteiger charge is 2.16. The van der Waals surface area contributed by atoms with Crippen LogP contribution in [0.3, 0.4) is 0 Å². The van der Waals surface area contributed by atoms with Crippen molar-refractivity contribution in [1.82, 2.24) is 4.90 Å². The molecule has 0 radical (unpaired) electrons. The predicted octanol–water partition coefficient (Wildman–Crippen LogP) is 1.82. The summed E-state index contributed by atoms with van der Waals surface area (Å²) < 4.78 is 22.9. The fraction of sp³-hybridized carbons (Fsp3) is 0.600. The van der Waals surface area contributed by atoms with E-state index in [1.165, 1.54) is 38.3 Å². The molecule has 1 heterocycles. The van der Waals surface area contributed by atoms with Crippen molar-refractivity contribution in [2.75, 3.05) is 44.0 Å². The number of sulfone groups is 1. The number of nitrogens with one attached hydrogen (secondary N) is 1. The lowest BCUT2D eigenvalue weighted by molar-refractivity contribution is 0.215. The van der Waals surface area contributed by atoms with Crippen LogP contribution >= 0.6 is 0 Å². The number of rotatable bonds is 5. The van der Waals surface area contributed by atoms with Gasteiger partial charge < -0.3 is 16.0 Å². The number of likely N-dealkylation sites (tertiary alicyclic amines) is 1. The fourth-order valence-electron chi connectivity index (χ4n) is 2.69. The molecule has 118 valence electrons. The molecule has 0 atom stereocenters. The highest BCUT2D eigenvalue weighted by molar-refractivity contribution is 7.90. The lowest BCUT2D eigenvalue weighted by atomic mass is 9.94. The fourth-order valence-corrected chi connectivity index (χ4v) is 3.35. The van der Waals surface area contributed by atoms with Crippen molar-refractivity contribution in [3.05, 3.63) is 18.2 Å². The molecule has 6 heteroatoms. The van der Waals surface area contributed by atoms with E-state index in [4.69, 9.17) is 5.73 Å². The SMILES string of the molecule is CN1CCC(CCNc2ccc(S(C)(=O)=O)cc2N)CC1. The Morgan fingerprint density at radius 2 is 2.00 bits per heavy atom. The molecule has 5 nitrogen and oxygen atoms in total. The minimum absolute atomic E-state index is 0.265. The molecule has 2 rings (SSSR count). The van der Waals surface area contributed by atoms with Crippen molar-refractivity contribution in [3.63, 3.8) is 0 Å². The summed E-state index contributed by atoms with van der Waals surface area (Å²) in [5.74, 6) is 0.769. The number of benzene rings is 1. The van der Waals surface area contributed by atoms with Crippen LogP contribution in [-0.4, -0.2) is 46.3 Å². The summed E-state index contributed by atoms with van der Waals surface area (Å²) in [4.78, 5) is 2.63. The Labute approximate surface area is 127 Å². The average Bonchev–Trinajstić information content (AvgIpc) is 2.41. The first-order valence-electron chi connectivity index (χ1n) is 7.38. The molecule has 1 aromatic rings. The van der Waals surface area contributed by atoms with E-state index in [9.17, 15) is 8.42 Å². The maximum absolute atomic E-state index is 11.5. The number of hydrogen-bond acceptors (Lipinski definition) is 5. The second kappa shape index (κ2) is 6.66. The first kappa shape index (κ1) is 16.1. The highest BCUT2D eigenvalue weighted by Crippen LogP contribution is 2.24. The first-order chi connectivity index (χ1) is 9.86. The zero-order chi connectivity index (χ0) is 15.5. The first-order valence-corrected chi connectivity index (χ1v) is 9.27. The largest absolute Gasteiger partial charge is 0.397 e. The lowest BCUT2D eigenvalue weighted by Gasteiger charge is -2.29. The van der Waals surface area contributed by atoms with Crippen molar-refractivity contribution in [2.45, 2.75) is 24.2 Å². The Balaban J connectivity index is 1.86. The molecule has 0 aliphatic carbocycles. The maximum Gasteiger partial charge on any atom is 0.175 e. The number of piperidine rings is 1. The van der Waals surface area contributed by atoms with Crippen molar-refractivity contribution < 1.29 is 8.42 Å². The molecule has 0 aromatic heterocycles. The molecule has 1 fully saturated rings. The summed E-state index contributed by atoms with van der Waals surface area (Å²) >= 11 is 0. The molecule has 0 spiro atoms. The third-order valence-corrected chi connectivity index (χ3v) is 5.27. The van der Waals surface area contributed by atoms with E-state index in [1.54, 1.807) is 12.1 Å². The van der Waals surface area contributed by atoms with Crippen LogP contribution in [0.5, 0.6) is 0 Å². The van der Waals surface area contributed by atoms with Gasteiger partial charge in [0.05, 0.1) is 16.3 Å². The molecule has 0 bridgehead atoms. The Morgan fingerprint density at radius 1 is 1.33 bits per heavy atom. The van der Waals surface area contributed by atoms with Crippen LogP contribution in [0, 0.1) is 5.92 Å². The highest BCUT2D eigenvalue weighted by atomic mass is 32.2. The van der Waals surface area contributed by atoms with Gasteiger partial charge in [-0.2, -0.15) is 0 Å². The van der Waals surface area contributed by atoms with E-state index in [-0.39, 0.29) is 4.90 Å². The van der Waals surface area contributed by atoms with Gasteiger partial charge in [0.25, 0.3) is 0 Å². The molecule has 0 amide bonds. The molecule has 0 unspecified atom stereocenters. The van der Waals surface area contributed by atoms with Gasteiger partial charge in [-0.05, 0) is 63.5 Å². The number of anilines is 2. The molecule has 1 saturated heterocycles. The summed E-state index contributed by atoms with van der Waals surface area (Å²) in [5.41, 5.74) is 7.22. The summed E-state index contributed by atoms with van der Waals surface area (Å²) in [6.45, 7) is 3.22. The topological polar surface area (TPSA) is 75.4 Å². The van der Waals surface area contributed by atoms with E-state index in [2.05, 4.69) is 17.3 Å². The Bertz CT molecular complexity index is 579. The zero-order valence-corrected chi connectivity index (χ0v) is 13.6. The second-order valence-corrected chi connectivity index (χ2v) is 8.00. The third kappa shape index (κ3) is 4.61. The Morgan fingerprint density at radius 3 is 2.57 bits per heavy atom. The van der Waals surface area contributed by atoms with Gasteiger partial charge in [0.2, 0.25) is 0 Å². The van der Waals surface area contributed by atoms with Crippen molar-refractivity contribution in [1.29, 1.82) is 0 Å². The number of nitrogens with two attached hydrogens (primary N) is 1. The summed E-state index contributed by atoms with van der Waals surface area (Å²) in [6.07, 6.45) is 4.82. The van der Waals surface area contributed by atoms with Gasteiger partial charge in [-0.25, -0.2) is 8.42 Å². The molecule has 3 N–H and O–H groups in total. The summed E-state index contributed by atoms with van der Waals surface area (Å²) in [5, 5.41) is 3.32. The Hall–Kier alpha value is -1.27. The van der Waals surface area contributed by atoms with Gasteiger partial charge >= 0.3 is 0 Å². The van der Waals surface area contributed by atoms with Gasteiger partial charge in [0.15, 0.2) is 9.84 Å². The van der Waals surface area contributed by atoms with Gasteiger partial charge in [-0.1, -0.05) is 0 Å². The molecule has 21 heavy (non-hydrogen) atoms. The molecule has 1 aliphatic rings. The molecular formula is C15H25N3O2S. The predicted molar refractivity (Wildman–Crippen MR) is 87.3 cm³/mol. The number of nitrogen functional groups attached to an aromatic ring is 1. The van der Waals surface area contributed by atoms with E-state index in [0.29, 0.717) is 5.69 Å². The minimum atomic E-state index is -3.20. The van der Waals surface area contributed by atoms with E-state index >= 15 is 0 Å². The van der Waals surface area contributed by atoms with Gasteiger partial charge in [0.1, 0.15) is 0 Å². The number of nitrogens with zero attached hydrogens (tertiary/aromatic N) is 1. The lowest BCUT2D eigenvalue weighted by Crippen LogP contribution is -2.30. The van der Waals surface area contributed by atoms with Crippen LogP contribution in [0.25, 0.3) is 0 Å². The number of hydrogen-bond donors (Lipinski definition) is 2. The third-order valence-electron chi connectivity index (χ3n) is 4.16. The average molecular weight is 311 g/mol. The van der Waals surface area contributed by atoms with Crippen LogP contribution in [0.1, 0.15) is 19.3 Å². The smallest absolute Gasteiger partial charge is 0.175 e. The molecule has 1 aromatic carbocycles. The molecule has 1 aliphatic heterocycles. The van der Waals surface area contributed by atoms with Crippen LogP contribution in [0.15, 0.2) is 23.1 Å². The minimum Gasteiger partial charge on any atom is -0.397 e. The van der Waals surface area contributed by atoms with Crippen molar-refractivity contribution in [3.8, 4) is 0 Å². The quantitative estimate of drug-likeness (QED) is 0.811. The normalized spacial score (nSPS) is 17.8. The van der Waals surface area contributed by atoms with Crippen molar-refractivity contribution >= 4 is 21.2 Å². The van der Waals surface area contributed by atoms with Gasteiger partial charge in [0, 0.05) is 12.8 Å². The zero-order valence-electron chi connectivity index (χ0n) is 12.8. The monoisotopic (exact) mass is 311 g/mol. The van der Waals surface area contributed by atoms with E-state index < -0.39 is 9.84 Å². The second-order valence-electron chi connectivity index (χ2n) is 5.98. The van der Waals surface area contributed by atoms with Crippen LogP contribution in [-0.2, 0) is 9.84 Å². The van der Waals surface area contributed by atoms with Crippen LogP contribution in [0.2, 0.25) is 0 Å². The van der Waals surface area contributed by atoms with Gasteiger partial charge in [-0.15, -0.1) is 0 Å². The molecular weight excluding hydrogens is 286 g/mol. The van der Waals surface area contributed by atoms with Crippen LogP contribution in [0.4, 0.5) is 11.4 Å². The van der Waals surface area contributed by atoms with E-state index in [0.717, 1.165) is 24.6 Å². The van der Waals surface area contributed by atoms with Gasteiger partial charge in [-0.3, -0.25) is 0 Å². The maximum atomic E-state index is 11.5.